The second-order valence-corrected chi connectivity index (χ2v) is 9.54. The Hall–Kier alpha value is -3.33. The minimum Gasteiger partial charge on any atom is -0.340 e. The van der Waals surface area contributed by atoms with Crippen LogP contribution in [0.5, 0.6) is 0 Å². The van der Waals surface area contributed by atoms with Gasteiger partial charge in [0.1, 0.15) is 0 Å². The molecule has 9 heteroatoms. The van der Waals surface area contributed by atoms with Crippen molar-refractivity contribution >= 4 is 28.7 Å². The third-order valence-corrected chi connectivity index (χ3v) is 7.12. The molecular formula is C25H31N7O2. The number of nitrogens with one attached hydrogen (secondary N) is 1. The zero-order valence-corrected chi connectivity index (χ0v) is 19.8. The van der Waals surface area contributed by atoms with Crippen LogP contribution in [-0.2, 0) is 16.6 Å². The van der Waals surface area contributed by atoms with Gasteiger partial charge in [-0.25, -0.2) is 9.97 Å². The summed E-state index contributed by atoms with van der Waals surface area (Å²) in [5.74, 6) is 0.437. The molecule has 9 nitrogen and oxygen atoms in total. The number of hydrogen-bond acceptors (Lipinski definition) is 6. The number of piperazine rings is 1. The lowest BCUT2D eigenvalue weighted by atomic mass is 9.81. The molecule has 1 saturated heterocycles. The van der Waals surface area contributed by atoms with Gasteiger partial charge in [-0.05, 0) is 44.4 Å². The van der Waals surface area contributed by atoms with Gasteiger partial charge in [-0.1, -0.05) is 12.1 Å². The van der Waals surface area contributed by atoms with E-state index in [4.69, 9.17) is 0 Å². The summed E-state index contributed by atoms with van der Waals surface area (Å²) in [4.78, 5) is 38.9. The van der Waals surface area contributed by atoms with E-state index in [0.717, 1.165) is 61.1 Å². The van der Waals surface area contributed by atoms with Crippen LogP contribution in [0.4, 0.5) is 5.95 Å². The predicted molar refractivity (Wildman–Crippen MR) is 130 cm³/mol. The first-order valence-corrected chi connectivity index (χ1v) is 12.0. The Bertz CT molecular complexity index is 1190. The lowest BCUT2D eigenvalue weighted by Crippen LogP contribution is -2.49. The van der Waals surface area contributed by atoms with Crippen LogP contribution in [0.1, 0.15) is 25.7 Å². The van der Waals surface area contributed by atoms with E-state index in [1.165, 1.54) is 0 Å². The molecule has 0 radical (unpaired) electrons. The second kappa shape index (κ2) is 9.50. The highest BCUT2D eigenvalue weighted by molar-refractivity contribution is 5.92. The normalized spacial score (nSPS) is 21.5. The van der Waals surface area contributed by atoms with Crippen molar-refractivity contribution in [3.63, 3.8) is 0 Å². The maximum Gasteiger partial charge on any atom is 0.229 e. The van der Waals surface area contributed by atoms with Gasteiger partial charge in [0, 0.05) is 68.4 Å². The number of anilines is 1. The number of fused-ring (bicyclic) bond motifs is 1. The molecular weight excluding hydrogens is 430 g/mol. The van der Waals surface area contributed by atoms with Gasteiger partial charge in [-0.3, -0.25) is 19.6 Å². The molecule has 0 spiro atoms. The lowest BCUT2D eigenvalue weighted by Gasteiger charge is -2.36. The highest BCUT2D eigenvalue weighted by Gasteiger charge is 2.33. The van der Waals surface area contributed by atoms with Gasteiger partial charge in [0.25, 0.3) is 0 Å². The molecule has 2 aliphatic rings. The summed E-state index contributed by atoms with van der Waals surface area (Å²) in [5.41, 5.74) is 2.80. The number of benzene rings is 1. The van der Waals surface area contributed by atoms with Crippen molar-refractivity contribution < 1.29 is 9.59 Å². The summed E-state index contributed by atoms with van der Waals surface area (Å²) < 4.78 is 1.76. The number of aromatic nitrogens is 4. The van der Waals surface area contributed by atoms with Crippen LogP contribution >= 0.6 is 0 Å². The Kier molecular flexibility index (Phi) is 6.28. The minimum absolute atomic E-state index is 0.0373. The van der Waals surface area contributed by atoms with Crippen molar-refractivity contribution in [2.24, 2.45) is 18.9 Å². The topological polar surface area (TPSA) is 96.3 Å². The largest absolute Gasteiger partial charge is 0.340 e. The summed E-state index contributed by atoms with van der Waals surface area (Å²) in [5, 5.41) is 8.04. The average molecular weight is 462 g/mol. The number of carbonyl (C=O) groups excluding carboxylic acids is 2. The first kappa shape index (κ1) is 22.5. The van der Waals surface area contributed by atoms with Gasteiger partial charge in [-0.2, -0.15) is 5.10 Å². The SMILES string of the molecule is CN1CCN(C(=O)[C@H]2CC[C@H](C(=O)Nc3ncc4ccc(-c5cnn(C)c5)cc4n3)CC2)CC1. The molecule has 0 bridgehead atoms. The summed E-state index contributed by atoms with van der Waals surface area (Å²) in [6, 6.07) is 5.98. The van der Waals surface area contributed by atoms with E-state index in [2.05, 4.69) is 32.3 Å². The third-order valence-electron chi connectivity index (χ3n) is 7.12. The molecule has 1 aromatic carbocycles. The smallest absolute Gasteiger partial charge is 0.229 e. The highest BCUT2D eigenvalue weighted by Crippen LogP contribution is 2.31. The number of amides is 2. The van der Waals surface area contributed by atoms with Crippen molar-refractivity contribution in [3.05, 3.63) is 36.8 Å². The summed E-state index contributed by atoms with van der Waals surface area (Å²) in [7, 11) is 3.97. The fourth-order valence-electron chi connectivity index (χ4n) is 4.93. The minimum atomic E-state index is -0.113. The first-order chi connectivity index (χ1) is 16.5. The molecule has 5 rings (SSSR count). The monoisotopic (exact) mass is 461 g/mol. The molecule has 0 unspecified atom stereocenters. The Labute approximate surface area is 199 Å². The van der Waals surface area contributed by atoms with Crippen molar-refractivity contribution in [2.45, 2.75) is 25.7 Å². The van der Waals surface area contributed by atoms with E-state index in [1.54, 1.807) is 10.9 Å². The number of carbonyl (C=O) groups is 2. The number of rotatable bonds is 4. The zero-order valence-electron chi connectivity index (χ0n) is 19.8. The predicted octanol–water partition coefficient (Wildman–Crippen LogP) is 2.55. The van der Waals surface area contributed by atoms with Crippen LogP contribution in [0, 0.1) is 11.8 Å². The van der Waals surface area contributed by atoms with Crippen molar-refractivity contribution in [2.75, 3.05) is 38.5 Å². The maximum atomic E-state index is 12.9. The molecule has 1 N–H and O–H groups in total. The molecule has 0 atom stereocenters. The summed E-state index contributed by atoms with van der Waals surface area (Å²) in [6.07, 6.45) is 8.46. The highest BCUT2D eigenvalue weighted by atomic mass is 16.2. The molecule has 1 aliphatic heterocycles. The van der Waals surface area contributed by atoms with E-state index < -0.39 is 0 Å². The molecule has 2 amide bonds. The van der Waals surface area contributed by atoms with Crippen LogP contribution in [0.25, 0.3) is 22.0 Å². The molecule has 178 valence electrons. The van der Waals surface area contributed by atoms with E-state index in [9.17, 15) is 9.59 Å². The number of nitrogens with zero attached hydrogens (tertiary/aromatic N) is 6. The second-order valence-electron chi connectivity index (χ2n) is 9.54. The van der Waals surface area contributed by atoms with Gasteiger partial charge in [-0.15, -0.1) is 0 Å². The molecule has 1 saturated carbocycles. The van der Waals surface area contributed by atoms with Crippen LogP contribution in [0.15, 0.2) is 36.8 Å². The Morgan fingerprint density at radius 2 is 1.68 bits per heavy atom. The third kappa shape index (κ3) is 4.79. The van der Waals surface area contributed by atoms with Crippen LogP contribution in [-0.4, -0.2) is 74.6 Å². The molecule has 1 aliphatic carbocycles. The van der Waals surface area contributed by atoms with E-state index in [-0.39, 0.29) is 23.7 Å². The molecule has 2 aromatic heterocycles. The van der Waals surface area contributed by atoms with Crippen molar-refractivity contribution in [1.82, 2.24) is 29.5 Å². The van der Waals surface area contributed by atoms with E-state index in [1.807, 2.05) is 42.5 Å². The Balaban J connectivity index is 1.20. The fourth-order valence-corrected chi connectivity index (χ4v) is 4.93. The van der Waals surface area contributed by atoms with Gasteiger partial charge in [0.05, 0.1) is 11.7 Å². The lowest BCUT2D eigenvalue weighted by molar-refractivity contribution is -0.139. The zero-order chi connectivity index (χ0) is 23.7. The quantitative estimate of drug-likeness (QED) is 0.642. The molecule has 2 fully saturated rings. The van der Waals surface area contributed by atoms with Crippen LogP contribution in [0.2, 0.25) is 0 Å². The van der Waals surface area contributed by atoms with Gasteiger partial charge in [0.2, 0.25) is 17.8 Å². The van der Waals surface area contributed by atoms with Crippen molar-refractivity contribution in [3.8, 4) is 11.1 Å². The van der Waals surface area contributed by atoms with Crippen LogP contribution in [0.3, 0.4) is 0 Å². The molecule has 3 heterocycles. The molecule has 3 aromatic rings. The van der Waals surface area contributed by atoms with Gasteiger partial charge in [0.15, 0.2) is 0 Å². The maximum absolute atomic E-state index is 12.9. The van der Waals surface area contributed by atoms with E-state index >= 15 is 0 Å². The average Bonchev–Trinajstić information content (AvgIpc) is 3.30. The standard InChI is InChI=1S/C25H31N7O2/c1-30-9-11-32(12-10-30)24(34)18-5-3-17(4-6-18)23(33)29-25-26-14-20-8-7-19(13-22(20)28-25)21-15-27-31(2)16-21/h7-8,13-18H,3-6,9-12H2,1-2H3,(H,26,28,29,33)/t17-,18-. The first-order valence-electron chi connectivity index (χ1n) is 12.0. The fraction of sp³-hybridized carbons (Fsp3) is 0.480. The van der Waals surface area contributed by atoms with Gasteiger partial charge >= 0.3 is 0 Å². The number of likely N-dealkylation sites (N-methyl/N-ethyl adjacent to an activating group) is 1. The molecule has 34 heavy (non-hydrogen) atoms. The Morgan fingerprint density at radius 1 is 0.941 bits per heavy atom. The van der Waals surface area contributed by atoms with Crippen LogP contribution < -0.4 is 5.32 Å². The van der Waals surface area contributed by atoms with Gasteiger partial charge < -0.3 is 9.80 Å². The number of aryl methyl sites for hydroxylation is 1. The number of hydrogen-bond donors (Lipinski definition) is 1. The van der Waals surface area contributed by atoms with Crippen molar-refractivity contribution in [1.29, 1.82) is 0 Å². The Morgan fingerprint density at radius 3 is 2.38 bits per heavy atom. The van der Waals surface area contributed by atoms with E-state index in [0.29, 0.717) is 18.8 Å². The summed E-state index contributed by atoms with van der Waals surface area (Å²) >= 11 is 0. The summed E-state index contributed by atoms with van der Waals surface area (Å²) in [6.45, 7) is 3.47.